The van der Waals surface area contributed by atoms with E-state index in [1.807, 2.05) is 6.92 Å². The maximum Gasteiger partial charge on any atom is 0.271 e. The van der Waals surface area contributed by atoms with Crippen molar-refractivity contribution in [2.24, 2.45) is 0 Å². The van der Waals surface area contributed by atoms with Crippen molar-refractivity contribution in [1.82, 2.24) is 25.0 Å². The summed E-state index contributed by atoms with van der Waals surface area (Å²) in [5.41, 5.74) is 1.38. The highest BCUT2D eigenvalue weighted by Gasteiger charge is 2.21. The van der Waals surface area contributed by atoms with Crippen molar-refractivity contribution >= 4 is 51.7 Å². The van der Waals surface area contributed by atoms with Crippen LogP contribution >= 0.6 is 34.5 Å². The van der Waals surface area contributed by atoms with Crippen LogP contribution in [0.15, 0.2) is 30.6 Å². The van der Waals surface area contributed by atoms with Gasteiger partial charge in [-0.15, -0.1) is 11.3 Å². The zero-order valence-electron chi connectivity index (χ0n) is 15.8. The molecule has 0 fully saturated rings. The lowest BCUT2D eigenvalue weighted by atomic mass is 10.0. The summed E-state index contributed by atoms with van der Waals surface area (Å²) in [6, 6.07) is 3.90. The molecule has 0 saturated heterocycles. The molecule has 0 bridgehead atoms. The first-order valence-electron chi connectivity index (χ1n) is 8.58. The van der Waals surface area contributed by atoms with Gasteiger partial charge >= 0.3 is 0 Å². The quantitative estimate of drug-likeness (QED) is 0.496. The first kappa shape index (κ1) is 22.7. The predicted molar refractivity (Wildman–Crippen MR) is 115 cm³/mol. The van der Waals surface area contributed by atoms with Crippen LogP contribution in [0.25, 0.3) is 0 Å². The number of nitrogens with one attached hydrogen (secondary N) is 2. The number of carbonyl (C=O) groups excluding carboxylic acids is 1. The maximum absolute atomic E-state index is 12.4. The molecular weight excluding hydrogens is 469 g/mol. The highest BCUT2D eigenvalue weighted by Crippen LogP contribution is 2.29. The zero-order valence-corrected chi connectivity index (χ0v) is 19.0. The Kier molecular flexibility index (Phi) is 7.50. The Bertz CT molecular complexity index is 1110. The molecule has 30 heavy (non-hydrogen) atoms. The van der Waals surface area contributed by atoms with Crippen LogP contribution in [-0.4, -0.2) is 29.6 Å². The van der Waals surface area contributed by atoms with E-state index < -0.39 is 23.2 Å². The minimum absolute atomic E-state index is 0.119. The fourth-order valence-corrected chi connectivity index (χ4v) is 4.18. The highest BCUT2D eigenvalue weighted by atomic mass is 35.5. The molecule has 158 valence electrons. The summed E-state index contributed by atoms with van der Waals surface area (Å²) >= 11 is 10.9. The van der Waals surface area contributed by atoms with Crippen molar-refractivity contribution in [2.45, 2.75) is 26.4 Å². The van der Waals surface area contributed by atoms with E-state index in [2.05, 4.69) is 25.0 Å². The number of amides is 1. The predicted octanol–water partition coefficient (Wildman–Crippen LogP) is 3.26. The second-order valence-corrected chi connectivity index (χ2v) is 9.05. The second kappa shape index (κ2) is 9.90. The lowest BCUT2D eigenvalue weighted by molar-refractivity contribution is 0.0945. The van der Waals surface area contributed by atoms with Gasteiger partial charge in [-0.1, -0.05) is 29.3 Å². The monoisotopic (exact) mass is 484 g/mol. The van der Waals surface area contributed by atoms with Crippen molar-refractivity contribution in [3.63, 3.8) is 0 Å². The van der Waals surface area contributed by atoms with Crippen molar-refractivity contribution in [3.8, 4) is 0 Å². The van der Waals surface area contributed by atoms with Gasteiger partial charge in [0.05, 0.1) is 45.2 Å². The Balaban J connectivity index is 1.84. The van der Waals surface area contributed by atoms with Crippen molar-refractivity contribution < 1.29 is 13.6 Å². The molecule has 2 atom stereocenters. The molecule has 2 aromatic heterocycles. The first-order valence-corrected chi connectivity index (χ1v) is 11.2. The van der Waals surface area contributed by atoms with Gasteiger partial charge in [-0.25, -0.2) is 14.7 Å². The summed E-state index contributed by atoms with van der Waals surface area (Å²) in [6.07, 6.45) is 3.01. The van der Waals surface area contributed by atoms with Gasteiger partial charge in [0.15, 0.2) is 0 Å². The van der Waals surface area contributed by atoms with Gasteiger partial charge in [-0.2, -0.15) is 0 Å². The van der Waals surface area contributed by atoms with Gasteiger partial charge in [0, 0.05) is 22.3 Å². The Morgan fingerprint density at radius 1 is 1.23 bits per heavy atom. The van der Waals surface area contributed by atoms with Gasteiger partial charge in [-0.05, 0) is 31.5 Å². The summed E-state index contributed by atoms with van der Waals surface area (Å²) in [4.78, 5) is 26.1. The van der Waals surface area contributed by atoms with Crippen LogP contribution in [0.1, 0.15) is 43.4 Å². The van der Waals surface area contributed by atoms with Crippen LogP contribution in [0, 0.1) is 13.8 Å². The number of carbonyl (C=O) groups is 1. The molecule has 0 aliphatic heterocycles. The Morgan fingerprint density at radius 3 is 2.60 bits per heavy atom. The molecule has 3 rings (SSSR count). The minimum atomic E-state index is -2.58. The third-order valence-electron chi connectivity index (χ3n) is 4.07. The average Bonchev–Trinajstić information content (AvgIpc) is 3.11. The number of hydrogen-bond donors (Lipinski definition) is 2. The number of thiazole rings is 1. The van der Waals surface area contributed by atoms with Crippen molar-refractivity contribution in [3.05, 3.63) is 73.2 Å². The zero-order chi connectivity index (χ0) is 21.8. The molecule has 2 unspecified atom stereocenters. The molecule has 3 aromatic rings. The van der Waals surface area contributed by atoms with E-state index in [1.165, 1.54) is 17.5 Å². The van der Waals surface area contributed by atoms with E-state index in [0.29, 0.717) is 28.5 Å². The van der Waals surface area contributed by atoms with E-state index in [0.717, 1.165) is 9.88 Å². The summed E-state index contributed by atoms with van der Waals surface area (Å²) in [5.74, 6) is -0.394. The first-order chi connectivity index (χ1) is 14.2. The molecule has 0 radical (unpaired) electrons. The fraction of sp³-hybridized carbons (Fsp3) is 0.222. The topological polar surface area (TPSA) is 120 Å². The largest absolute Gasteiger partial charge is 0.760 e. The van der Waals surface area contributed by atoms with Gasteiger partial charge in [0.1, 0.15) is 5.69 Å². The molecule has 1 aromatic carbocycles. The SMILES string of the molecule is Cc1ncc(CNC(=O)c2cnc(C(NS(=O)[O-])c3ccc(Cl)c(Cl)c3)c(C)n2)s1. The van der Waals surface area contributed by atoms with E-state index in [-0.39, 0.29) is 10.7 Å². The molecule has 8 nitrogen and oxygen atoms in total. The van der Waals surface area contributed by atoms with Crippen molar-refractivity contribution in [1.29, 1.82) is 0 Å². The van der Waals surface area contributed by atoms with E-state index in [9.17, 15) is 13.6 Å². The lowest BCUT2D eigenvalue weighted by Gasteiger charge is -2.22. The van der Waals surface area contributed by atoms with Gasteiger partial charge < -0.3 is 9.87 Å². The van der Waals surface area contributed by atoms with E-state index >= 15 is 0 Å². The van der Waals surface area contributed by atoms with E-state index in [1.54, 1.807) is 31.3 Å². The number of aryl methyl sites for hydroxylation is 2. The van der Waals surface area contributed by atoms with Gasteiger partial charge in [0.25, 0.3) is 5.91 Å². The molecule has 0 spiro atoms. The fourth-order valence-electron chi connectivity index (χ4n) is 2.70. The van der Waals surface area contributed by atoms with Crippen LogP contribution in [0.2, 0.25) is 10.0 Å². The van der Waals surface area contributed by atoms with Crippen LogP contribution < -0.4 is 10.0 Å². The molecule has 12 heteroatoms. The number of rotatable bonds is 7. The number of aromatic nitrogens is 3. The standard InChI is InChI=1S/C18H17Cl2N5O3S2/c1-9-16(17(25-30(27)28)11-3-4-13(19)14(20)5-11)22-8-15(24-9)18(26)23-7-12-6-21-10(2)29-12/h3-6,8,17,25H,7H2,1-2H3,(H,23,26)(H,27,28)/p-1. The smallest absolute Gasteiger partial charge is 0.271 e. The summed E-state index contributed by atoms with van der Waals surface area (Å²) < 4.78 is 25.1. The molecular formula is C18H16Cl2N5O3S2-. The third-order valence-corrected chi connectivity index (χ3v) is 6.15. The number of hydrogen-bond acceptors (Lipinski definition) is 7. The van der Waals surface area contributed by atoms with Crippen LogP contribution in [0.3, 0.4) is 0 Å². The van der Waals surface area contributed by atoms with Gasteiger partial charge in [-0.3, -0.25) is 14.0 Å². The van der Waals surface area contributed by atoms with Crippen LogP contribution in [0.4, 0.5) is 0 Å². The summed E-state index contributed by atoms with van der Waals surface area (Å²) in [6.45, 7) is 3.86. The van der Waals surface area contributed by atoms with Crippen molar-refractivity contribution in [2.75, 3.05) is 0 Å². The molecule has 0 aliphatic rings. The number of nitrogens with zero attached hydrogens (tertiary/aromatic N) is 3. The molecule has 2 N–H and O–H groups in total. The summed E-state index contributed by atoms with van der Waals surface area (Å²) in [5, 5.41) is 4.29. The number of halogens is 2. The average molecular weight is 485 g/mol. The molecule has 1 amide bonds. The lowest BCUT2D eigenvalue weighted by Crippen LogP contribution is -2.28. The normalized spacial score (nSPS) is 13.1. The molecule has 0 aliphatic carbocycles. The highest BCUT2D eigenvalue weighted by molar-refractivity contribution is 7.77. The molecule has 0 saturated carbocycles. The third kappa shape index (κ3) is 5.60. The maximum atomic E-state index is 12.4. The van der Waals surface area contributed by atoms with Crippen LogP contribution in [0.5, 0.6) is 0 Å². The Labute approximate surface area is 189 Å². The Hall–Kier alpha value is -1.95. The minimum Gasteiger partial charge on any atom is -0.760 e. The number of benzene rings is 1. The summed E-state index contributed by atoms with van der Waals surface area (Å²) in [7, 11) is 0. The Morgan fingerprint density at radius 2 is 2.00 bits per heavy atom. The van der Waals surface area contributed by atoms with Crippen LogP contribution in [-0.2, 0) is 17.8 Å². The van der Waals surface area contributed by atoms with E-state index in [4.69, 9.17) is 23.2 Å². The second-order valence-electron chi connectivity index (χ2n) is 6.21. The van der Waals surface area contributed by atoms with Gasteiger partial charge in [0.2, 0.25) is 0 Å². The molecule has 2 heterocycles.